The van der Waals surface area contributed by atoms with E-state index in [1.54, 1.807) is 37.3 Å². The first-order chi connectivity index (χ1) is 12.6. The smallest absolute Gasteiger partial charge is 0.255 e. The van der Waals surface area contributed by atoms with E-state index >= 15 is 0 Å². The lowest BCUT2D eigenvalue weighted by Gasteiger charge is -2.32. The average molecular weight is 366 g/mol. The van der Waals surface area contributed by atoms with Crippen molar-refractivity contribution >= 4 is 11.8 Å². The van der Waals surface area contributed by atoms with Gasteiger partial charge in [0.05, 0.1) is 19.3 Å². The summed E-state index contributed by atoms with van der Waals surface area (Å²) in [4.78, 5) is 25.5. The van der Waals surface area contributed by atoms with Gasteiger partial charge in [-0.1, -0.05) is 0 Å². The number of nitrogens with one attached hydrogen (secondary N) is 1. The number of amides is 2. The molecule has 0 bridgehead atoms. The summed E-state index contributed by atoms with van der Waals surface area (Å²) in [7, 11) is 3.12. The van der Waals surface area contributed by atoms with E-state index in [0.717, 1.165) is 0 Å². The fourth-order valence-corrected chi connectivity index (χ4v) is 2.78. The lowest BCUT2D eigenvalue weighted by Crippen LogP contribution is -2.43. The van der Waals surface area contributed by atoms with Crippen LogP contribution in [0.2, 0.25) is 0 Å². The summed E-state index contributed by atoms with van der Waals surface area (Å²) >= 11 is 0. The molecule has 2 rings (SSSR count). The predicted molar refractivity (Wildman–Crippen MR) is 94.5 cm³/mol. The number of nitrogens with zero attached hydrogens (tertiary/aromatic N) is 1. The first-order valence-electron chi connectivity index (χ1n) is 8.59. The van der Waals surface area contributed by atoms with E-state index in [1.165, 1.54) is 0 Å². The van der Waals surface area contributed by atoms with E-state index in [1.807, 2.05) is 0 Å². The molecule has 0 radical (unpaired) electrons. The highest BCUT2D eigenvalue weighted by Gasteiger charge is 2.25. The van der Waals surface area contributed by atoms with Gasteiger partial charge < -0.3 is 29.5 Å². The van der Waals surface area contributed by atoms with Crippen LogP contribution in [-0.4, -0.2) is 75.0 Å². The average Bonchev–Trinajstić information content (AvgIpc) is 2.68. The van der Waals surface area contributed by atoms with Crippen molar-refractivity contribution in [2.45, 2.75) is 18.9 Å². The molecule has 0 aliphatic carbocycles. The summed E-state index contributed by atoms with van der Waals surface area (Å²) in [6.45, 7) is 1.39. The van der Waals surface area contributed by atoms with Crippen LogP contribution in [0.15, 0.2) is 18.2 Å². The first-order valence-corrected chi connectivity index (χ1v) is 8.59. The molecule has 0 unspecified atom stereocenters. The number of aliphatic hydroxyl groups is 1. The van der Waals surface area contributed by atoms with Crippen molar-refractivity contribution in [1.29, 1.82) is 0 Å². The Labute approximate surface area is 153 Å². The molecule has 1 heterocycles. The third kappa shape index (κ3) is 5.34. The number of aliphatic hydroxyl groups excluding tert-OH is 1. The van der Waals surface area contributed by atoms with E-state index in [-0.39, 0.29) is 17.9 Å². The SMILES string of the molecule is COCCNC(=O)c1ccc(OC)cc1OC1CCN(C(=O)CO)CC1. The van der Waals surface area contributed by atoms with Gasteiger partial charge in [-0.2, -0.15) is 0 Å². The fraction of sp³-hybridized carbons (Fsp3) is 0.556. The lowest BCUT2D eigenvalue weighted by atomic mass is 10.1. The largest absolute Gasteiger partial charge is 0.497 e. The molecule has 1 aromatic rings. The lowest BCUT2D eigenvalue weighted by molar-refractivity contribution is -0.135. The van der Waals surface area contributed by atoms with Crippen molar-refractivity contribution in [3.8, 4) is 11.5 Å². The molecule has 144 valence electrons. The number of carbonyl (C=O) groups excluding carboxylic acids is 2. The van der Waals surface area contributed by atoms with E-state index < -0.39 is 6.61 Å². The van der Waals surface area contributed by atoms with Crippen molar-refractivity contribution < 1.29 is 28.9 Å². The van der Waals surface area contributed by atoms with Gasteiger partial charge in [-0.15, -0.1) is 0 Å². The summed E-state index contributed by atoms with van der Waals surface area (Å²) < 4.78 is 16.2. The Kier molecular flexibility index (Phi) is 7.68. The minimum absolute atomic E-state index is 0.115. The number of hydrogen-bond acceptors (Lipinski definition) is 6. The maximum Gasteiger partial charge on any atom is 0.255 e. The van der Waals surface area contributed by atoms with Crippen LogP contribution in [-0.2, 0) is 9.53 Å². The molecule has 8 heteroatoms. The third-order valence-electron chi connectivity index (χ3n) is 4.25. The predicted octanol–water partition coefficient (Wildman–Crippen LogP) is 0.434. The summed E-state index contributed by atoms with van der Waals surface area (Å²) in [6, 6.07) is 5.07. The van der Waals surface area contributed by atoms with Crippen molar-refractivity contribution in [1.82, 2.24) is 10.2 Å². The Morgan fingerprint density at radius 2 is 2.00 bits per heavy atom. The maximum absolute atomic E-state index is 12.4. The molecule has 2 N–H and O–H groups in total. The van der Waals surface area contributed by atoms with E-state index in [0.29, 0.717) is 56.1 Å². The molecule has 0 atom stereocenters. The number of benzene rings is 1. The van der Waals surface area contributed by atoms with Gasteiger partial charge in [0.2, 0.25) is 5.91 Å². The zero-order chi connectivity index (χ0) is 18.9. The third-order valence-corrected chi connectivity index (χ3v) is 4.25. The highest BCUT2D eigenvalue weighted by molar-refractivity contribution is 5.97. The van der Waals surface area contributed by atoms with Gasteiger partial charge in [-0.25, -0.2) is 0 Å². The number of likely N-dealkylation sites (tertiary alicyclic amines) is 1. The number of rotatable bonds is 8. The Morgan fingerprint density at radius 1 is 1.27 bits per heavy atom. The van der Waals surface area contributed by atoms with E-state index in [4.69, 9.17) is 19.3 Å². The van der Waals surface area contributed by atoms with Crippen LogP contribution in [0.25, 0.3) is 0 Å². The molecule has 0 aromatic heterocycles. The Balaban J connectivity index is 2.05. The number of methoxy groups -OCH3 is 2. The van der Waals surface area contributed by atoms with Crippen LogP contribution in [0.4, 0.5) is 0 Å². The molecule has 1 saturated heterocycles. The number of piperidine rings is 1. The maximum atomic E-state index is 12.4. The normalized spacial score (nSPS) is 14.8. The molecule has 0 saturated carbocycles. The molecule has 1 aliphatic heterocycles. The van der Waals surface area contributed by atoms with Crippen LogP contribution in [0, 0.1) is 0 Å². The molecular formula is C18H26N2O6. The standard InChI is InChI=1S/C18H26N2O6/c1-24-10-7-19-18(23)15-4-3-14(25-2)11-16(15)26-13-5-8-20(9-6-13)17(22)12-21/h3-4,11,13,21H,5-10,12H2,1-2H3,(H,19,23). The van der Waals surface area contributed by atoms with Crippen LogP contribution < -0.4 is 14.8 Å². The molecule has 2 amide bonds. The second-order valence-electron chi connectivity index (χ2n) is 5.97. The molecular weight excluding hydrogens is 340 g/mol. The van der Waals surface area contributed by atoms with Gasteiger partial charge in [-0.3, -0.25) is 9.59 Å². The summed E-state index contributed by atoms with van der Waals surface area (Å²) in [5.74, 6) is 0.531. The Bertz CT molecular complexity index is 614. The van der Waals surface area contributed by atoms with Crippen molar-refractivity contribution in [3.63, 3.8) is 0 Å². The van der Waals surface area contributed by atoms with Crippen molar-refractivity contribution in [2.24, 2.45) is 0 Å². The molecule has 8 nitrogen and oxygen atoms in total. The van der Waals surface area contributed by atoms with Gasteiger partial charge in [0.15, 0.2) is 0 Å². The minimum Gasteiger partial charge on any atom is -0.497 e. The summed E-state index contributed by atoms with van der Waals surface area (Å²) in [5, 5.41) is 11.7. The monoisotopic (exact) mass is 366 g/mol. The quantitative estimate of drug-likeness (QED) is 0.648. The van der Waals surface area contributed by atoms with Crippen LogP contribution in [0.5, 0.6) is 11.5 Å². The van der Waals surface area contributed by atoms with Gasteiger partial charge in [0.25, 0.3) is 5.91 Å². The molecule has 1 aromatic carbocycles. The second-order valence-corrected chi connectivity index (χ2v) is 5.97. The van der Waals surface area contributed by atoms with Gasteiger partial charge in [0, 0.05) is 45.7 Å². The van der Waals surface area contributed by atoms with Gasteiger partial charge in [-0.05, 0) is 12.1 Å². The zero-order valence-electron chi connectivity index (χ0n) is 15.2. The van der Waals surface area contributed by atoms with E-state index in [9.17, 15) is 9.59 Å². The van der Waals surface area contributed by atoms with Gasteiger partial charge in [0.1, 0.15) is 24.2 Å². The Morgan fingerprint density at radius 3 is 2.62 bits per heavy atom. The first kappa shape index (κ1) is 20.0. The summed E-state index contributed by atoms with van der Waals surface area (Å²) in [5.41, 5.74) is 0.427. The molecule has 0 spiro atoms. The van der Waals surface area contributed by atoms with Crippen LogP contribution in [0.3, 0.4) is 0 Å². The second kappa shape index (κ2) is 9.98. The van der Waals surface area contributed by atoms with Crippen molar-refractivity contribution in [3.05, 3.63) is 23.8 Å². The molecule has 1 aliphatic rings. The number of carbonyl (C=O) groups is 2. The molecule has 26 heavy (non-hydrogen) atoms. The fourth-order valence-electron chi connectivity index (χ4n) is 2.78. The van der Waals surface area contributed by atoms with Crippen molar-refractivity contribution in [2.75, 3.05) is 47.1 Å². The highest BCUT2D eigenvalue weighted by Crippen LogP contribution is 2.28. The zero-order valence-corrected chi connectivity index (χ0v) is 15.2. The number of hydrogen-bond donors (Lipinski definition) is 2. The van der Waals surface area contributed by atoms with Crippen LogP contribution in [0.1, 0.15) is 23.2 Å². The topological polar surface area (TPSA) is 97.3 Å². The highest BCUT2D eigenvalue weighted by atomic mass is 16.5. The molecule has 1 fully saturated rings. The number of ether oxygens (including phenoxy) is 3. The van der Waals surface area contributed by atoms with E-state index in [2.05, 4.69) is 5.32 Å². The minimum atomic E-state index is -0.479. The summed E-state index contributed by atoms with van der Waals surface area (Å²) in [6.07, 6.45) is 1.15. The Hall–Kier alpha value is -2.32. The van der Waals surface area contributed by atoms with Crippen LogP contribution >= 0.6 is 0 Å². The van der Waals surface area contributed by atoms with Gasteiger partial charge >= 0.3 is 0 Å².